The van der Waals surface area contributed by atoms with Gasteiger partial charge in [0, 0.05) is 36.7 Å². The summed E-state index contributed by atoms with van der Waals surface area (Å²) in [6.45, 7) is 2.17. The summed E-state index contributed by atoms with van der Waals surface area (Å²) in [7, 11) is 1.87. The molecule has 1 aliphatic rings. The summed E-state index contributed by atoms with van der Waals surface area (Å²) in [4.78, 5) is 14.1. The Bertz CT molecular complexity index is 1100. The number of aryl methyl sites for hydroxylation is 1. The molecule has 3 aromatic rings. The largest absolute Gasteiger partial charge is 0.419 e. The van der Waals surface area contributed by atoms with E-state index in [2.05, 4.69) is 10.6 Å². The first-order chi connectivity index (χ1) is 15.3. The molecule has 4 rings (SSSR count). The highest BCUT2D eigenvalue weighted by atomic mass is 19.4. The predicted octanol–water partition coefficient (Wildman–Crippen LogP) is 4.73. The number of nitrogens with one attached hydrogen (secondary N) is 2. The van der Waals surface area contributed by atoms with Gasteiger partial charge in [-0.3, -0.25) is 4.57 Å². The molecule has 9 heteroatoms. The molecule has 1 aromatic heterocycles. The van der Waals surface area contributed by atoms with Gasteiger partial charge in [-0.1, -0.05) is 0 Å². The van der Waals surface area contributed by atoms with E-state index >= 15 is 0 Å². The number of hydrogen-bond acceptors (Lipinski definition) is 5. The van der Waals surface area contributed by atoms with Crippen molar-refractivity contribution in [1.82, 2.24) is 9.88 Å². The lowest BCUT2D eigenvalue weighted by Gasteiger charge is -2.34. The van der Waals surface area contributed by atoms with Crippen molar-refractivity contribution in [2.75, 3.05) is 36.9 Å². The van der Waals surface area contributed by atoms with Crippen molar-refractivity contribution in [3.63, 3.8) is 0 Å². The van der Waals surface area contributed by atoms with Gasteiger partial charge < -0.3 is 20.0 Å². The van der Waals surface area contributed by atoms with Crippen LogP contribution in [0.4, 0.5) is 30.2 Å². The molecule has 0 radical (unpaired) electrons. The van der Waals surface area contributed by atoms with Crippen LogP contribution in [-0.4, -0.2) is 37.4 Å². The summed E-state index contributed by atoms with van der Waals surface area (Å²) < 4.78 is 45.6. The Morgan fingerprint density at radius 1 is 1.06 bits per heavy atom. The van der Waals surface area contributed by atoms with Gasteiger partial charge in [-0.2, -0.15) is 13.2 Å². The van der Waals surface area contributed by atoms with Crippen LogP contribution in [0, 0.1) is 5.92 Å². The number of hydrogen-bond donors (Lipinski definition) is 2. The molecule has 0 saturated carbocycles. The highest BCUT2D eigenvalue weighted by Crippen LogP contribution is 2.35. The van der Waals surface area contributed by atoms with Gasteiger partial charge in [-0.15, -0.1) is 0 Å². The van der Waals surface area contributed by atoms with E-state index < -0.39 is 12.1 Å². The minimum absolute atomic E-state index is 0.129. The van der Waals surface area contributed by atoms with Crippen LogP contribution in [0.1, 0.15) is 19.3 Å². The Morgan fingerprint density at radius 2 is 1.75 bits per heavy atom. The van der Waals surface area contributed by atoms with Gasteiger partial charge in [0.15, 0.2) is 5.58 Å². The third-order valence-electron chi connectivity index (χ3n) is 5.95. The standard InChI is InChI=1S/C23H27F3N4O2/c1-27-11-2-12-30-20-15-18(5-8-21(20)32-22(30)31)28-17-3-6-19(7-4-17)29-13-9-16(10-14-29)23(24,25)26/h3-8,15-16,27-28H,2,9-14H2,1H3. The van der Waals surface area contributed by atoms with Crippen LogP contribution < -0.4 is 21.3 Å². The summed E-state index contributed by atoms with van der Waals surface area (Å²) in [6, 6.07) is 13.2. The average Bonchev–Trinajstić information content (AvgIpc) is 3.09. The van der Waals surface area contributed by atoms with Crippen molar-refractivity contribution >= 4 is 28.2 Å². The molecule has 6 nitrogen and oxygen atoms in total. The number of alkyl halides is 3. The molecule has 1 aliphatic heterocycles. The molecule has 172 valence electrons. The topological polar surface area (TPSA) is 62.4 Å². The lowest BCUT2D eigenvalue weighted by molar-refractivity contribution is -0.179. The fourth-order valence-electron chi connectivity index (χ4n) is 4.15. The minimum Gasteiger partial charge on any atom is -0.408 e. The van der Waals surface area contributed by atoms with Crippen molar-refractivity contribution < 1.29 is 17.6 Å². The van der Waals surface area contributed by atoms with Crippen molar-refractivity contribution in [2.24, 2.45) is 5.92 Å². The Morgan fingerprint density at radius 3 is 2.41 bits per heavy atom. The molecule has 0 aliphatic carbocycles. The number of benzene rings is 2. The Balaban J connectivity index is 1.43. The second kappa shape index (κ2) is 9.28. The van der Waals surface area contributed by atoms with Gasteiger partial charge in [0.25, 0.3) is 0 Å². The SMILES string of the molecule is CNCCCn1c(=O)oc2ccc(Nc3ccc(N4CCC(C(F)(F)F)CC4)cc3)cc21. The van der Waals surface area contributed by atoms with Gasteiger partial charge >= 0.3 is 11.9 Å². The Labute approximate surface area is 184 Å². The van der Waals surface area contributed by atoms with Crippen LogP contribution in [0.15, 0.2) is 51.7 Å². The van der Waals surface area contributed by atoms with Gasteiger partial charge in [-0.05, 0) is 75.3 Å². The second-order valence-electron chi connectivity index (χ2n) is 8.13. The van der Waals surface area contributed by atoms with Crippen LogP contribution in [0.25, 0.3) is 11.1 Å². The lowest BCUT2D eigenvalue weighted by atomic mass is 9.96. The van der Waals surface area contributed by atoms with E-state index in [1.54, 1.807) is 10.6 Å². The zero-order chi connectivity index (χ0) is 22.7. The van der Waals surface area contributed by atoms with Crippen molar-refractivity contribution in [3.05, 3.63) is 53.0 Å². The highest BCUT2D eigenvalue weighted by molar-refractivity contribution is 5.79. The molecule has 2 N–H and O–H groups in total. The summed E-state index contributed by atoms with van der Waals surface area (Å²) in [5.41, 5.74) is 3.87. The molecule has 2 aromatic carbocycles. The van der Waals surface area contributed by atoms with E-state index in [-0.39, 0.29) is 18.6 Å². The maximum atomic E-state index is 12.9. The number of fused-ring (bicyclic) bond motifs is 1. The molecule has 1 fully saturated rings. The molecular weight excluding hydrogens is 421 g/mol. The van der Waals surface area contributed by atoms with Crippen LogP contribution in [0.3, 0.4) is 0 Å². The molecule has 0 atom stereocenters. The maximum Gasteiger partial charge on any atom is 0.419 e. The lowest BCUT2D eigenvalue weighted by Crippen LogP contribution is -2.38. The zero-order valence-electron chi connectivity index (χ0n) is 17.9. The Kier molecular flexibility index (Phi) is 6.45. The smallest absolute Gasteiger partial charge is 0.408 e. The summed E-state index contributed by atoms with van der Waals surface area (Å²) in [5, 5.41) is 6.39. The fraction of sp³-hybridized carbons (Fsp3) is 0.435. The summed E-state index contributed by atoms with van der Waals surface area (Å²) in [5.74, 6) is -1.57. The molecule has 1 saturated heterocycles. The van der Waals surface area contributed by atoms with Gasteiger partial charge in [-0.25, -0.2) is 4.79 Å². The first kappa shape index (κ1) is 22.3. The third kappa shape index (κ3) is 4.93. The van der Waals surface area contributed by atoms with Crippen LogP contribution in [0.2, 0.25) is 0 Å². The van der Waals surface area contributed by atoms with Gasteiger partial charge in [0.1, 0.15) is 0 Å². The number of aromatic nitrogens is 1. The van der Waals surface area contributed by atoms with E-state index in [0.717, 1.165) is 35.5 Å². The normalized spacial score (nSPS) is 15.4. The molecule has 0 spiro atoms. The van der Waals surface area contributed by atoms with Crippen LogP contribution in [-0.2, 0) is 6.54 Å². The third-order valence-corrected chi connectivity index (χ3v) is 5.95. The highest BCUT2D eigenvalue weighted by Gasteiger charge is 2.41. The molecule has 0 bridgehead atoms. The quantitative estimate of drug-likeness (QED) is 0.512. The molecule has 32 heavy (non-hydrogen) atoms. The zero-order valence-corrected chi connectivity index (χ0v) is 17.9. The molecular formula is C23H27F3N4O2. The number of anilines is 3. The van der Waals surface area contributed by atoms with Crippen molar-refractivity contribution in [1.29, 1.82) is 0 Å². The van der Waals surface area contributed by atoms with E-state index in [1.165, 1.54) is 0 Å². The van der Waals surface area contributed by atoms with E-state index in [4.69, 9.17) is 4.42 Å². The fourth-order valence-corrected chi connectivity index (χ4v) is 4.15. The molecule has 2 heterocycles. The van der Waals surface area contributed by atoms with Crippen LogP contribution >= 0.6 is 0 Å². The molecule has 0 unspecified atom stereocenters. The van der Waals surface area contributed by atoms with Gasteiger partial charge in [0.05, 0.1) is 11.4 Å². The number of halogens is 3. The predicted molar refractivity (Wildman–Crippen MR) is 120 cm³/mol. The van der Waals surface area contributed by atoms with Gasteiger partial charge in [0.2, 0.25) is 0 Å². The average molecular weight is 448 g/mol. The molecule has 0 amide bonds. The second-order valence-corrected chi connectivity index (χ2v) is 8.13. The minimum atomic E-state index is -4.10. The Hall–Kier alpha value is -2.94. The number of oxazole rings is 1. The first-order valence-electron chi connectivity index (χ1n) is 10.8. The van der Waals surface area contributed by atoms with Crippen molar-refractivity contribution in [3.8, 4) is 0 Å². The summed E-state index contributed by atoms with van der Waals surface area (Å²) >= 11 is 0. The number of piperidine rings is 1. The van der Waals surface area contributed by atoms with Crippen molar-refractivity contribution in [2.45, 2.75) is 32.0 Å². The van der Waals surface area contributed by atoms with E-state index in [0.29, 0.717) is 25.2 Å². The summed E-state index contributed by atoms with van der Waals surface area (Å²) in [6.07, 6.45) is -3.04. The monoisotopic (exact) mass is 448 g/mol. The first-order valence-corrected chi connectivity index (χ1v) is 10.8. The van der Waals surface area contributed by atoms with E-state index in [1.807, 2.05) is 48.3 Å². The number of rotatable bonds is 7. The maximum absolute atomic E-state index is 12.9. The van der Waals surface area contributed by atoms with E-state index in [9.17, 15) is 18.0 Å². The number of nitrogens with zero attached hydrogens (tertiary/aromatic N) is 2. The van der Waals surface area contributed by atoms with Crippen LogP contribution in [0.5, 0.6) is 0 Å².